The van der Waals surface area contributed by atoms with Gasteiger partial charge >= 0.3 is 5.97 Å². The maximum Gasteiger partial charge on any atom is 0.320 e. The third kappa shape index (κ3) is 3.83. The molecular weight excluding hydrogens is 264 g/mol. The Morgan fingerprint density at radius 3 is 2.48 bits per heavy atom. The predicted molar refractivity (Wildman–Crippen MR) is 84.2 cm³/mol. The van der Waals surface area contributed by atoms with E-state index in [0.717, 1.165) is 26.2 Å². The minimum Gasteiger partial charge on any atom is -0.480 e. The normalized spacial score (nSPS) is 21.1. The van der Waals surface area contributed by atoms with Gasteiger partial charge in [0, 0.05) is 31.7 Å². The standard InChI is InChI=1S/C17H26N2O2/c1-4-15(16(20)21)18-10-11-19(17(2,3)13-18)12-14-8-6-5-7-9-14/h5-9,15H,4,10-13H2,1-3H3,(H,20,21)/t15-/m1/s1. The zero-order valence-corrected chi connectivity index (χ0v) is 13.2. The van der Waals surface area contributed by atoms with Crippen LogP contribution in [0.5, 0.6) is 0 Å². The Hall–Kier alpha value is -1.39. The van der Waals surface area contributed by atoms with E-state index in [0.29, 0.717) is 6.42 Å². The van der Waals surface area contributed by atoms with Crippen molar-refractivity contribution in [1.29, 1.82) is 0 Å². The smallest absolute Gasteiger partial charge is 0.320 e. The molecule has 0 saturated carbocycles. The van der Waals surface area contributed by atoms with Crippen LogP contribution in [0.1, 0.15) is 32.8 Å². The number of hydrogen-bond acceptors (Lipinski definition) is 3. The number of aliphatic carboxylic acids is 1. The van der Waals surface area contributed by atoms with E-state index in [-0.39, 0.29) is 11.6 Å². The molecule has 1 heterocycles. The lowest BCUT2D eigenvalue weighted by molar-refractivity contribution is -0.145. The van der Waals surface area contributed by atoms with Gasteiger partial charge in [-0.15, -0.1) is 0 Å². The monoisotopic (exact) mass is 290 g/mol. The van der Waals surface area contributed by atoms with Gasteiger partial charge in [0.05, 0.1) is 0 Å². The molecule has 1 N–H and O–H groups in total. The third-order valence-corrected chi connectivity index (χ3v) is 4.43. The highest BCUT2D eigenvalue weighted by Gasteiger charge is 2.37. The number of nitrogens with zero attached hydrogens (tertiary/aromatic N) is 2. The molecule has 1 aliphatic rings. The molecule has 0 aliphatic carbocycles. The van der Waals surface area contributed by atoms with Crippen molar-refractivity contribution < 1.29 is 9.90 Å². The number of rotatable bonds is 5. The van der Waals surface area contributed by atoms with Crippen molar-refractivity contribution >= 4 is 5.97 Å². The summed E-state index contributed by atoms with van der Waals surface area (Å²) >= 11 is 0. The van der Waals surface area contributed by atoms with Crippen molar-refractivity contribution in [3.8, 4) is 0 Å². The molecule has 4 heteroatoms. The van der Waals surface area contributed by atoms with Gasteiger partial charge in [-0.25, -0.2) is 0 Å². The van der Waals surface area contributed by atoms with Crippen LogP contribution in [0, 0.1) is 0 Å². The van der Waals surface area contributed by atoms with Crippen LogP contribution >= 0.6 is 0 Å². The molecule has 1 fully saturated rings. The van der Waals surface area contributed by atoms with Crippen LogP contribution in [0.15, 0.2) is 30.3 Å². The first kappa shape index (κ1) is 16.0. The molecule has 4 nitrogen and oxygen atoms in total. The molecule has 21 heavy (non-hydrogen) atoms. The highest BCUT2D eigenvalue weighted by Crippen LogP contribution is 2.25. The molecule has 0 radical (unpaired) electrons. The van der Waals surface area contributed by atoms with Crippen molar-refractivity contribution in [2.45, 2.75) is 45.3 Å². The molecule has 1 atom stereocenters. The van der Waals surface area contributed by atoms with Crippen LogP contribution in [0.2, 0.25) is 0 Å². The first-order chi connectivity index (χ1) is 9.94. The molecule has 0 bridgehead atoms. The Labute approximate surface area is 127 Å². The number of carbonyl (C=O) groups is 1. The molecule has 116 valence electrons. The number of hydrogen-bond donors (Lipinski definition) is 1. The molecule has 0 amide bonds. The van der Waals surface area contributed by atoms with Gasteiger partial charge in [-0.1, -0.05) is 37.3 Å². The van der Waals surface area contributed by atoms with E-state index in [1.165, 1.54) is 5.56 Å². The predicted octanol–water partition coefficient (Wildman–Crippen LogP) is 2.45. The summed E-state index contributed by atoms with van der Waals surface area (Å²) in [6.07, 6.45) is 0.657. The van der Waals surface area contributed by atoms with E-state index in [2.05, 4.69) is 47.9 Å². The van der Waals surface area contributed by atoms with Gasteiger partial charge in [0.1, 0.15) is 6.04 Å². The van der Waals surface area contributed by atoms with Crippen LogP contribution < -0.4 is 0 Å². The highest BCUT2D eigenvalue weighted by molar-refractivity contribution is 5.73. The van der Waals surface area contributed by atoms with Crippen LogP contribution in [-0.2, 0) is 11.3 Å². The maximum atomic E-state index is 11.4. The summed E-state index contributed by atoms with van der Waals surface area (Å²) in [6.45, 7) is 9.80. The molecule has 2 rings (SSSR count). The minimum absolute atomic E-state index is 0.0169. The summed E-state index contributed by atoms with van der Waals surface area (Å²) in [6, 6.07) is 10.1. The zero-order valence-electron chi connectivity index (χ0n) is 13.2. The van der Waals surface area contributed by atoms with Gasteiger partial charge in [0.15, 0.2) is 0 Å². The molecule has 1 aliphatic heterocycles. The minimum atomic E-state index is -0.704. The lowest BCUT2D eigenvalue weighted by Gasteiger charge is -2.48. The second-order valence-electron chi connectivity index (χ2n) is 6.45. The Kier molecular flexibility index (Phi) is 5.01. The Morgan fingerprint density at radius 2 is 1.95 bits per heavy atom. The summed E-state index contributed by atoms with van der Waals surface area (Å²) in [5.74, 6) is -0.704. The van der Waals surface area contributed by atoms with Gasteiger partial charge < -0.3 is 5.11 Å². The van der Waals surface area contributed by atoms with Crippen LogP contribution in [0.3, 0.4) is 0 Å². The Balaban J connectivity index is 2.04. The van der Waals surface area contributed by atoms with Crippen molar-refractivity contribution in [3.05, 3.63) is 35.9 Å². The van der Waals surface area contributed by atoms with Crippen molar-refractivity contribution in [2.24, 2.45) is 0 Å². The van der Waals surface area contributed by atoms with E-state index in [9.17, 15) is 9.90 Å². The number of carboxylic acids is 1. The largest absolute Gasteiger partial charge is 0.480 e. The van der Waals surface area contributed by atoms with Gasteiger partial charge in [-0.2, -0.15) is 0 Å². The average Bonchev–Trinajstić information content (AvgIpc) is 2.43. The molecule has 1 aromatic carbocycles. The van der Waals surface area contributed by atoms with Crippen molar-refractivity contribution in [1.82, 2.24) is 9.80 Å². The number of carboxylic acid groups (broad SMARTS) is 1. The summed E-state index contributed by atoms with van der Waals surface area (Å²) in [4.78, 5) is 15.9. The third-order valence-electron chi connectivity index (χ3n) is 4.43. The van der Waals surface area contributed by atoms with Crippen LogP contribution in [0.25, 0.3) is 0 Å². The lowest BCUT2D eigenvalue weighted by Crippen LogP contribution is -2.61. The van der Waals surface area contributed by atoms with E-state index in [1.807, 2.05) is 13.0 Å². The fraction of sp³-hybridized carbons (Fsp3) is 0.588. The second kappa shape index (κ2) is 6.58. The Bertz CT molecular complexity index is 473. The van der Waals surface area contributed by atoms with Crippen LogP contribution in [0.4, 0.5) is 0 Å². The van der Waals surface area contributed by atoms with Gasteiger partial charge in [-0.3, -0.25) is 14.6 Å². The lowest BCUT2D eigenvalue weighted by atomic mass is 9.96. The molecule has 0 spiro atoms. The van der Waals surface area contributed by atoms with E-state index < -0.39 is 5.97 Å². The SMILES string of the molecule is CC[C@H](C(=O)O)N1CCN(Cc2ccccc2)C(C)(C)C1. The summed E-state index contributed by atoms with van der Waals surface area (Å²) in [5.41, 5.74) is 1.29. The molecular formula is C17H26N2O2. The quantitative estimate of drug-likeness (QED) is 0.904. The maximum absolute atomic E-state index is 11.4. The van der Waals surface area contributed by atoms with Crippen LogP contribution in [-0.4, -0.2) is 52.1 Å². The molecule has 0 aromatic heterocycles. The molecule has 1 aromatic rings. The zero-order chi connectivity index (χ0) is 15.5. The Morgan fingerprint density at radius 1 is 1.29 bits per heavy atom. The molecule has 1 saturated heterocycles. The number of benzene rings is 1. The van der Waals surface area contributed by atoms with Crippen molar-refractivity contribution in [2.75, 3.05) is 19.6 Å². The first-order valence-electron chi connectivity index (χ1n) is 7.70. The summed E-state index contributed by atoms with van der Waals surface area (Å²) < 4.78 is 0. The number of piperazine rings is 1. The van der Waals surface area contributed by atoms with E-state index in [1.54, 1.807) is 0 Å². The summed E-state index contributed by atoms with van der Waals surface area (Å²) in [7, 11) is 0. The van der Waals surface area contributed by atoms with Crippen molar-refractivity contribution in [3.63, 3.8) is 0 Å². The van der Waals surface area contributed by atoms with Gasteiger partial charge in [0.25, 0.3) is 0 Å². The van der Waals surface area contributed by atoms with Gasteiger partial charge in [0.2, 0.25) is 0 Å². The second-order valence-corrected chi connectivity index (χ2v) is 6.45. The fourth-order valence-electron chi connectivity index (χ4n) is 3.18. The van der Waals surface area contributed by atoms with Gasteiger partial charge in [-0.05, 0) is 25.8 Å². The molecule has 0 unspecified atom stereocenters. The average molecular weight is 290 g/mol. The first-order valence-corrected chi connectivity index (χ1v) is 7.70. The van der Waals surface area contributed by atoms with E-state index in [4.69, 9.17) is 0 Å². The van der Waals surface area contributed by atoms with E-state index >= 15 is 0 Å². The topological polar surface area (TPSA) is 43.8 Å². The summed E-state index contributed by atoms with van der Waals surface area (Å²) in [5, 5.41) is 9.34. The highest BCUT2D eigenvalue weighted by atomic mass is 16.4. The fourth-order valence-corrected chi connectivity index (χ4v) is 3.18.